The third kappa shape index (κ3) is 20.7. The molecule has 0 aromatic heterocycles. The van der Waals surface area contributed by atoms with E-state index in [0.29, 0.717) is 6.61 Å². The van der Waals surface area contributed by atoms with Crippen LogP contribution < -0.4 is 10.1 Å². The first-order chi connectivity index (χ1) is 9.22. The molecular weight excluding hydrogens is 358 g/mol. The molecular formula is C14H18MoNO5-5. The molecule has 0 aliphatic heterocycles. The van der Waals surface area contributed by atoms with Crippen LogP contribution in [0, 0.1) is 14.4 Å². The summed E-state index contributed by atoms with van der Waals surface area (Å²) in [6.07, 6.45) is 0. The molecule has 0 radical (unpaired) electrons. The Morgan fingerprint density at radius 1 is 1.10 bits per heavy atom. The van der Waals surface area contributed by atoms with Gasteiger partial charge in [-0.3, -0.25) is 25.2 Å². The summed E-state index contributed by atoms with van der Waals surface area (Å²) in [7, 11) is 0. The van der Waals surface area contributed by atoms with E-state index in [0.717, 1.165) is 11.4 Å². The van der Waals surface area contributed by atoms with Crippen molar-refractivity contribution in [3.05, 3.63) is 38.6 Å². The van der Waals surface area contributed by atoms with Crippen LogP contribution in [0.4, 0.5) is 5.69 Å². The molecule has 0 bridgehead atoms. The number of ether oxygens (including phenoxy) is 1. The molecule has 0 saturated carbocycles. The second kappa shape index (κ2) is 26.7. The van der Waals surface area contributed by atoms with Gasteiger partial charge in [0.25, 0.3) is 0 Å². The van der Waals surface area contributed by atoms with Crippen molar-refractivity contribution in [2.45, 2.75) is 6.92 Å². The fourth-order valence-electron chi connectivity index (χ4n) is 0.956. The molecule has 7 heteroatoms. The van der Waals surface area contributed by atoms with E-state index in [2.05, 4.69) is 32.6 Å². The number of carbonyl (C=O) groups is 1. The van der Waals surface area contributed by atoms with Gasteiger partial charge in [-0.05, 0) is 30.9 Å². The van der Waals surface area contributed by atoms with Crippen LogP contribution in [-0.4, -0.2) is 32.9 Å². The van der Waals surface area contributed by atoms with Gasteiger partial charge in [-0.2, -0.15) is 0 Å². The minimum atomic E-state index is -0.0779. The largest absolute Gasteiger partial charge is 0.545 e. The van der Waals surface area contributed by atoms with E-state index in [4.69, 9.17) is 19.1 Å². The summed E-state index contributed by atoms with van der Waals surface area (Å²) in [5.41, 5.74) is 0.768. The van der Waals surface area contributed by atoms with Gasteiger partial charge in [0.1, 0.15) is 5.75 Å². The van der Waals surface area contributed by atoms with Crippen LogP contribution in [0.2, 0.25) is 0 Å². The van der Waals surface area contributed by atoms with Gasteiger partial charge in [0, 0.05) is 33.7 Å². The van der Waals surface area contributed by atoms with E-state index in [9.17, 15) is 4.79 Å². The van der Waals surface area contributed by atoms with Gasteiger partial charge >= 0.3 is 0 Å². The zero-order chi connectivity index (χ0) is 15.7. The van der Waals surface area contributed by atoms with Gasteiger partial charge in [0.2, 0.25) is 5.91 Å². The molecule has 21 heavy (non-hydrogen) atoms. The quantitative estimate of drug-likeness (QED) is 0.490. The normalized spacial score (nSPS) is 6.38. The van der Waals surface area contributed by atoms with E-state index < -0.39 is 0 Å². The standard InChI is InChI=1S/C10H12NO2.3CHO.CH3.Mo/c1-3-13-10-6-4-9(5-7-10)11-8(2)12;3*1-2;;/h4-7H,1,3H2,2H3,(H,11,12);3*1H;1H3;/q5*-1;. The maximum absolute atomic E-state index is 10.7. The third-order valence-corrected chi connectivity index (χ3v) is 1.44. The Morgan fingerprint density at radius 3 is 1.76 bits per heavy atom. The number of benzene rings is 1. The van der Waals surface area contributed by atoms with E-state index in [1.807, 2.05) is 0 Å². The van der Waals surface area contributed by atoms with Crippen molar-refractivity contribution < 1.29 is 45.0 Å². The van der Waals surface area contributed by atoms with Crippen molar-refractivity contribution in [3.63, 3.8) is 0 Å². The first-order valence-electron chi connectivity index (χ1n) is 4.73. The minimum absolute atomic E-state index is 0. The Kier molecular flexibility index (Phi) is 40.1. The number of amides is 1. The number of nitrogens with one attached hydrogen (secondary N) is 1. The maximum Gasteiger partial charge on any atom is 0.221 e. The van der Waals surface area contributed by atoms with E-state index in [1.54, 1.807) is 24.3 Å². The van der Waals surface area contributed by atoms with Crippen LogP contribution in [0.5, 0.6) is 5.75 Å². The van der Waals surface area contributed by atoms with E-state index in [1.165, 1.54) is 6.92 Å². The zero-order valence-corrected chi connectivity index (χ0v) is 13.9. The van der Waals surface area contributed by atoms with Gasteiger partial charge in [0.05, 0.1) is 0 Å². The third-order valence-electron chi connectivity index (χ3n) is 1.44. The van der Waals surface area contributed by atoms with Crippen molar-refractivity contribution in [1.82, 2.24) is 0 Å². The summed E-state index contributed by atoms with van der Waals surface area (Å²) in [5.74, 6) is 0.676. The Labute approximate surface area is 140 Å². The number of carbonyl (C=O) groups excluding carboxylic acids is 4. The molecule has 120 valence electrons. The zero-order valence-electron chi connectivity index (χ0n) is 11.9. The summed E-state index contributed by atoms with van der Waals surface area (Å²) in [5, 5.41) is 2.66. The number of rotatable bonds is 3. The molecule has 1 rings (SSSR count). The van der Waals surface area contributed by atoms with Crippen molar-refractivity contribution in [1.29, 1.82) is 0 Å². The van der Waals surface area contributed by atoms with Gasteiger partial charge in [-0.15, -0.1) is 0 Å². The van der Waals surface area contributed by atoms with Crippen LogP contribution in [0.25, 0.3) is 0 Å². The molecule has 1 amide bonds. The second-order valence-corrected chi connectivity index (χ2v) is 2.55. The van der Waals surface area contributed by atoms with Crippen molar-refractivity contribution >= 4 is 32.0 Å². The van der Waals surface area contributed by atoms with Crippen molar-refractivity contribution in [3.8, 4) is 5.75 Å². The molecule has 1 aromatic carbocycles. The number of hydrogen-bond acceptors (Lipinski definition) is 5. The summed E-state index contributed by atoms with van der Waals surface area (Å²) in [6, 6.07) is 7.14. The molecule has 0 aliphatic carbocycles. The predicted molar refractivity (Wildman–Crippen MR) is 78.3 cm³/mol. The molecule has 0 spiro atoms. The smallest absolute Gasteiger partial charge is 0.221 e. The van der Waals surface area contributed by atoms with Crippen molar-refractivity contribution in [2.75, 3.05) is 11.9 Å². The van der Waals surface area contributed by atoms with Crippen LogP contribution in [0.3, 0.4) is 0 Å². The van der Waals surface area contributed by atoms with Gasteiger partial charge in [-0.25, -0.2) is 0 Å². The molecule has 1 aromatic rings. The molecule has 1 N–H and O–H groups in total. The first kappa shape index (κ1) is 31.5. The van der Waals surface area contributed by atoms with Gasteiger partial charge in [-0.1, -0.05) is 0 Å². The SMILES string of the molecule is [CH-]=O.[CH-]=O.[CH-]=O.[CH2-]COc1ccc(NC(C)=O)cc1.[CH3-].[Mo]. The fourth-order valence-corrected chi connectivity index (χ4v) is 0.956. The van der Waals surface area contributed by atoms with Gasteiger partial charge in [0.15, 0.2) is 0 Å². The summed E-state index contributed by atoms with van der Waals surface area (Å²) >= 11 is 0. The van der Waals surface area contributed by atoms with Crippen LogP contribution in [0.15, 0.2) is 24.3 Å². The Hall–Kier alpha value is -1.81. The topological polar surface area (TPSA) is 89.5 Å². The average Bonchev–Trinajstić information content (AvgIpc) is 2.47. The summed E-state index contributed by atoms with van der Waals surface area (Å²) in [6.45, 7) is 15.2. The van der Waals surface area contributed by atoms with Crippen LogP contribution in [0.1, 0.15) is 6.92 Å². The van der Waals surface area contributed by atoms with Gasteiger partial charge < -0.3 is 38.8 Å². The average molecular weight is 376 g/mol. The minimum Gasteiger partial charge on any atom is -0.545 e. The molecule has 0 fully saturated rings. The summed E-state index contributed by atoms with van der Waals surface area (Å²) < 4.78 is 5.14. The first-order valence-corrected chi connectivity index (χ1v) is 4.73. The second-order valence-electron chi connectivity index (χ2n) is 2.55. The molecule has 0 aliphatic rings. The van der Waals surface area contributed by atoms with E-state index >= 15 is 0 Å². The van der Waals surface area contributed by atoms with Crippen molar-refractivity contribution in [2.24, 2.45) is 0 Å². The van der Waals surface area contributed by atoms with Crippen LogP contribution in [-0.2, 0) is 40.2 Å². The predicted octanol–water partition coefficient (Wildman–Crippen LogP) is 1.48. The molecule has 0 heterocycles. The molecule has 0 atom stereocenters. The monoisotopic (exact) mass is 378 g/mol. The fraction of sp³-hybridized carbons (Fsp3) is 0.143. The van der Waals surface area contributed by atoms with E-state index in [-0.39, 0.29) is 34.4 Å². The maximum atomic E-state index is 10.7. The number of hydrogen-bond donors (Lipinski definition) is 1. The molecule has 6 nitrogen and oxygen atoms in total. The Morgan fingerprint density at radius 2 is 1.48 bits per heavy atom. The summed E-state index contributed by atoms with van der Waals surface area (Å²) in [4.78, 5) is 33.9. The van der Waals surface area contributed by atoms with Crippen LogP contribution >= 0.6 is 0 Å². The number of anilines is 1. The molecule has 0 unspecified atom stereocenters. The Bertz CT molecular complexity index is 328. The molecule has 0 saturated heterocycles. The Balaban J connectivity index is -0.0000000951.